The maximum Gasteiger partial charge on any atom is 0.416 e. The predicted molar refractivity (Wildman–Crippen MR) is 90.3 cm³/mol. The van der Waals surface area contributed by atoms with E-state index in [1.807, 2.05) is 6.92 Å². The minimum Gasteiger partial charge on any atom is -0.491 e. The number of hydrogen-bond acceptors (Lipinski definition) is 4. The highest BCUT2D eigenvalue weighted by Crippen LogP contribution is 2.36. The fourth-order valence-electron chi connectivity index (χ4n) is 2.62. The molecule has 0 radical (unpaired) electrons. The molecule has 142 valence electrons. The van der Waals surface area contributed by atoms with Crippen molar-refractivity contribution in [3.63, 3.8) is 0 Å². The zero-order chi connectivity index (χ0) is 19.5. The molecular formula is C18H21F3N2O3. The van der Waals surface area contributed by atoms with Gasteiger partial charge < -0.3 is 14.6 Å². The van der Waals surface area contributed by atoms with Gasteiger partial charge >= 0.3 is 6.18 Å². The monoisotopic (exact) mass is 370 g/mol. The molecule has 0 saturated heterocycles. The number of anilines is 1. The van der Waals surface area contributed by atoms with Gasteiger partial charge in [0.05, 0.1) is 29.5 Å². The Morgan fingerprint density at radius 2 is 2.04 bits per heavy atom. The number of nitrogens with one attached hydrogen (secondary N) is 1. The number of carbonyl (C=O) groups excluding carboxylic acids is 1. The molecule has 1 heterocycles. The maximum atomic E-state index is 13.0. The normalized spacial score (nSPS) is 12.7. The zero-order valence-electron chi connectivity index (χ0n) is 15.0. The van der Waals surface area contributed by atoms with Gasteiger partial charge in [0.1, 0.15) is 11.5 Å². The van der Waals surface area contributed by atoms with Crippen molar-refractivity contribution < 1.29 is 27.2 Å². The molecular weight excluding hydrogens is 349 g/mol. The largest absolute Gasteiger partial charge is 0.491 e. The fraction of sp³-hybridized carbons (Fsp3) is 0.444. The Kier molecular flexibility index (Phi) is 5.94. The molecule has 0 unspecified atom stereocenters. The van der Waals surface area contributed by atoms with E-state index in [1.54, 1.807) is 20.8 Å². The summed E-state index contributed by atoms with van der Waals surface area (Å²) >= 11 is 0. The van der Waals surface area contributed by atoms with E-state index >= 15 is 0 Å². The minimum absolute atomic E-state index is 0.0168. The number of alkyl halides is 3. The molecule has 0 aliphatic carbocycles. The Morgan fingerprint density at radius 1 is 1.35 bits per heavy atom. The van der Waals surface area contributed by atoms with Gasteiger partial charge in [-0.2, -0.15) is 13.2 Å². The number of aromatic nitrogens is 1. The van der Waals surface area contributed by atoms with Gasteiger partial charge in [0, 0.05) is 5.56 Å². The Bertz CT molecular complexity index is 765. The first-order chi connectivity index (χ1) is 12.1. The van der Waals surface area contributed by atoms with Gasteiger partial charge in [-0.1, -0.05) is 12.1 Å². The number of hydrogen-bond donors (Lipinski definition) is 1. The molecule has 0 bridgehead atoms. The zero-order valence-corrected chi connectivity index (χ0v) is 15.0. The molecule has 0 fully saturated rings. The van der Waals surface area contributed by atoms with Gasteiger partial charge in [0.15, 0.2) is 0 Å². The number of amides is 1. The van der Waals surface area contributed by atoms with Crippen LogP contribution in [0.2, 0.25) is 0 Å². The molecule has 8 heteroatoms. The molecule has 2 rings (SSSR count). The van der Waals surface area contributed by atoms with Gasteiger partial charge in [-0.05, 0) is 45.4 Å². The molecule has 2 aromatic rings. The van der Waals surface area contributed by atoms with Crippen LogP contribution in [0.4, 0.5) is 18.9 Å². The standard InChI is InChI=1S/C18H21F3N2O3/c1-5-8-25-15-7-6-13(18(19,20)21)9-14(15)22-17(24)10(2)16-11(3)23-26-12(16)4/h6-7,9-10H,5,8H2,1-4H3,(H,22,24)/t10-/m1/s1. The number of halogens is 3. The summed E-state index contributed by atoms with van der Waals surface area (Å²) in [5.74, 6) is -0.425. The second-order valence-corrected chi connectivity index (χ2v) is 6.01. The Hall–Kier alpha value is -2.51. The van der Waals surface area contributed by atoms with Gasteiger partial charge in [0.25, 0.3) is 0 Å². The Balaban J connectivity index is 2.31. The van der Waals surface area contributed by atoms with Gasteiger partial charge in [0.2, 0.25) is 5.91 Å². The van der Waals surface area contributed by atoms with Crippen LogP contribution in [0.25, 0.3) is 0 Å². The van der Waals surface area contributed by atoms with E-state index in [0.29, 0.717) is 30.0 Å². The van der Waals surface area contributed by atoms with E-state index in [-0.39, 0.29) is 11.4 Å². The molecule has 0 aliphatic rings. The highest BCUT2D eigenvalue weighted by molar-refractivity contribution is 5.97. The van der Waals surface area contributed by atoms with E-state index < -0.39 is 23.6 Å². The van der Waals surface area contributed by atoms with Crippen LogP contribution >= 0.6 is 0 Å². The highest BCUT2D eigenvalue weighted by atomic mass is 19.4. The van der Waals surface area contributed by atoms with Gasteiger partial charge in [-0.25, -0.2) is 0 Å². The molecule has 0 aliphatic heterocycles. The fourth-order valence-corrected chi connectivity index (χ4v) is 2.62. The molecule has 0 spiro atoms. The Labute approximate surface area is 149 Å². The van der Waals surface area contributed by atoms with E-state index in [1.165, 1.54) is 6.07 Å². The third-order valence-electron chi connectivity index (χ3n) is 3.94. The summed E-state index contributed by atoms with van der Waals surface area (Å²) in [5.41, 5.74) is 0.306. The van der Waals surface area contributed by atoms with Gasteiger partial charge in [-0.3, -0.25) is 4.79 Å². The average Bonchev–Trinajstić information content (AvgIpc) is 2.90. The topological polar surface area (TPSA) is 64.4 Å². The van der Waals surface area contributed by atoms with Crippen molar-refractivity contribution in [1.29, 1.82) is 0 Å². The first-order valence-electron chi connectivity index (χ1n) is 8.22. The third kappa shape index (κ3) is 4.36. The molecule has 1 N–H and O–H groups in total. The first-order valence-corrected chi connectivity index (χ1v) is 8.22. The van der Waals surface area contributed by atoms with E-state index in [4.69, 9.17) is 9.26 Å². The average molecular weight is 370 g/mol. The molecule has 5 nitrogen and oxygen atoms in total. The Morgan fingerprint density at radius 3 is 2.58 bits per heavy atom. The van der Waals surface area contributed by atoms with E-state index in [0.717, 1.165) is 12.1 Å². The van der Waals surface area contributed by atoms with E-state index in [9.17, 15) is 18.0 Å². The van der Waals surface area contributed by atoms with Gasteiger partial charge in [-0.15, -0.1) is 0 Å². The predicted octanol–water partition coefficient (Wildman–Crippen LogP) is 4.84. The number of aryl methyl sites for hydroxylation is 2. The molecule has 1 aromatic carbocycles. The van der Waals surface area contributed by atoms with Crippen LogP contribution in [0.3, 0.4) is 0 Å². The summed E-state index contributed by atoms with van der Waals surface area (Å²) in [7, 11) is 0. The lowest BCUT2D eigenvalue weighted by Crippen LogP contribution is -2.21. The molecule has 1 aromatic heterocycles. The van der Waals surface area contributed by atoms with E-state index in [2.05, 4.69) is 10.5 Å². The van der Waals surface area contributed by atoms with Crippen LogP contribution in [0, 0.1) is 13.8 Å². The summed E-state index contributed by atoms with van der Waals surface area (Å²) < 4.78 is 49.5. The lowest BCUT2D eigenvalue weighted by atomic mass is 9.98. The molecule has 1 amide bonds. The molecule has 1 atom stereocenters. The van der Waals surface area contributed by atoms with Crippen LogP contribution in [0.15, 0.2) is 22.7 Å². The minimum atomic E-state index is -4.52. The van der Waals surface area contributed by atoms with Crippen molar-refractivity contribution >= 4 is 11.6 Å². The summed E-state index contributed by atoms with van der Waals surface area (Å²) in [5, 5.41) is 6.34. The molecule has 0 saturated carbocycles. The van der Waals surface area contributed by atoms with Crippen molar-refractivity contribution in [3.8, 4) is 5.75 Å². The maximum absolute atomic E-state index is 13.0. The smallest absolute Gasteiger partial charge is 0.416 e. The summed E-state index contributed by atoms with van der Waals surface area (Å²) in [6.07, 6.45) is -3.83. The van der Waals surface area contributed by atoms with Crippen LogP contribution in [-0.2, 0) is 11.0 Å². The van der Waals surface area contributed by atoms with Crippen molar-refractivity contribution in [2.24, 2.45) is 0 Å². The number of benzene rings is 1. The van der Waals surface area contributed by atoms with Crippen LogP contribution in [0.1, 0.15) is 48.8 Å². The van der Waals surface area contributed by atoms with Crippen molar-refractivity contribution in [2.45, 2.75) is 46.2 Å². The van der Waals surface area contributed by atoms with Crippen molar-refractivity contribution in [1.82, 2.24) is 5.16 Å². The quantitative estimate of drug-likeness (QED) is 0.790. The number of nitrogens with zero attached hydrogens (tertiary/aromatic N) is 1. The lowest BCUT2D eigenvalue weighted by molar-refractivity contribution is -0.137. The van der Waals surface area contributed by atoms with Crippen molar-refractivity contribution in [3.05, 3.63) is 40.8 Å². The number of carbonyl (C=O) groups is 1. The second-order valence-electron chi connectivity index (χ2n) is 6.01. The van der Waals surface area contributed by atoms with Crippen molar-refractivity contribution in [2.75, 3.05) is 11.9 Å². The third-order valence-corrected chi connectivity index (χ3v) is 3.94. The van der Waals surface area contributed by atoms with Crippen LogP contribution in [0.5, 0.6) is 5.75 Å². The second kappa shape index (κ2) is 7.80. The number of ether oxygens (including phenoxy) is 1. The summed E-state index contributed by atoms with van der Waals surface area (Å²) in [6, 6.07) is 3.02. The van der Waals surface area contributed by atoms with Crippen LogP contribution in [-0.4, -0.2) is 17.7 Å². The SMILES string of the molecule is CCCOc1ccc(C(F)(F)F)cc1NC(=O)[C@H](C)c1c(C)noc1C. The first kappa shape index (κ1) is 19.8. The molecule has 26 heavy (non-hydrogen) atoms. The lowest BCUT2D eigenvalue weighted by Gasteiger charge is -2.17. The summed E-state index contributed by atoms with van der Waals surface area (Å²) in [4.78, 5) is 12.6. The van der Waals surface area contributed by atoms with Crippen LogP contribution < -0.4 is 10.1 Å². The highest BCUT2D eigenvalue weighted by Gasteiger charge is 2.32. The number of rotatable bonds is 6. The summed E-state index contributed by atoms with van der Waals surface area (Å²) in [6.45, 7) is 7.23.